The van der Waals surface area contributed by atoms with Crippen LogP contribution in [0.25, 0.3) is 0 Å². The molecule has 3 nitrogen and oxygen atoms in total. The van der Waals surface area contributed by atoms with Gasteiger partial charge in [-0.25, -0.2) is 4.39 Å². The molecule has 0 spiro atoms. The van der Waals surface area contributed by atoms with Crippen molar-refractivity contribution in [3.8, 4) is 5.75 Å². The normalized spacial score (nSPS) is 10.9. The molecule has 0 fully saturated rings. The Morgan fingerprint density at radius 2 is 1.93 bits per heavy atom. The lowest BCUT2D eigenvalue weighted by molar-refractivity contribution is 0.382. The molecular formula is C10H15FN2O. The van der Waals surface area contributed by atoms with Crippen LogP contribution in [0.1, 0.15) is 11.1 Å². The number of phenols is 1. The average molecular weight is 198 g/mol. The lowest BCUT2D eigenvalue weighted by Crippen LogP contribution is -2.12. The summed E-state index contributed by atoms with van der Waals surface area (Å²) in [6.07, 6.45) is 0. The quantitative estimate of drug-likeness (QED) is 0.763. The summed E-state index contributed by atoms with van der Waals surface area (Å²) in [6.45, 7) is 0.639. The topological polar surface area (TPSA) is 49.5 Å². The van der Waals surface area contributed by atoms with Gasteiger partial charge >= 0.3 is 0 Å². The van der Waals surface area contributed by atoms with E-state index in [-0.39, 0.29) is 18.1 Å². The summed E-state index contributed by atoms with van der Waals surface area (Å²) in [7, 11) is 3.71. The summed E-state index contributed by atoms with van der Waals surface area (Å²) >= 11 is 0. The van der Waals surface area contributed by atoms with Crippen LogP contribution < -0.4 is 5.73 Å². The van der Waals surface area contributed by atoms with Crippen LogP contribution >= 0.6 is 0 Å². The summed E-state index contributed by atoms with van der Waals surface area (Å²) in [5.41, 5.74) is 6.39. The maximum absolute atomic E-state index is 13.1. The maximum atomic E-state index is 13.1. The number of hydrogen-bond donors (Lipinski definition) is 2. The van der Waals surface area contributed by atoms with Crippen molar-refractivity contribution in [1.29, 1.82) is 0 Å². The zero-order chi connectivity index (χ0) is 10.7. The number of rotatable bonds is 3. The monoisotopic (exact) mass is 198 g/mol. The molecule has 78 valence electrons. The minimum atomic E-state index is -0.361. The molecule has 0 aromatic heterocycles. The van der Waals surface area contributed by atoms with Crippen molar-refractivity contribution in [3.63, 3.8) is 0 Å². The first kappa shape index (κ1) is 10.9. The molecule has 0 aliphatic heterocycles. The van der Waals surface area contributed by atoms with Crippen molar-refractivity contribution in [2.45, 2.75) is 13.1 Å². The Morgan fingerprint density at radius 1 is 1.36 bits per heavy atom. The Morgan fingerprint density at radius 3 is 2.43 bits per heavy atom. The Bertz CT molecular complexity index is 326. The van der Waals surface area contributed by atoms with Crippen molar-refractivity contribution < 1.29 is 9.50 Å². The Labute approximate surface area is 83.0 Å². The van der Waals surface area contributed by atoms with Crippen LogP contribution in [0.15, 0.2) is 12.1 Å². The predicted octanol–water partition coefficient (Wildman–Crippen LogP) is 1.05. The van der Waals surface area contributed by atoms with E-state index in [0.717, 1.165) is 0 Å². The molecule has 0 amide bonds. The molecule has 0 radical (unpaired) electrons. The fourth-order valence-electron chi connectivity index (χ4n) is 1.33. The number of halogens is 1. The van der Waals surface area contributed by atoms with Crippen LogP contribution in [-0.4, -0.2) is 24.1 Å². The molecule has 1 aromatic carbocycles. The first-order valence-corrected chi connectivity index (χ1v) is 4.39. The lowest BCUT2D eigenvalue weighted by Gasteiger charge is -2.13. The van der Waals surface area contributed by atoms with E-state index in [0.29, 0.717) is 17.7 Å². The highest BCUT2D eigenvalue weighted by molar-refractivity contribution is 5.40. The Kier molecular flexibility index (Phi) is 3.43. The molecule has 0 aliphatic rings. The molecular weight excluding hydrogens is 183 g/mol. The highest BCUT2D eigenvalue weighted by Crippen LogP contribution is 2.24. The minimum absolute atomic E-state index is 0.0996. The standard InChI is InChI=1S/C10H15FN2O/c1-13(2)6-8-4-9(11)3-7(5-12)10(8)14/h3-4,14H,5-6,12H2,1-2H3. The van der Waals surface area contributed by atoms with E-state index in [9.17, 15) is 9.50 Å². The molecule has 0 saturated heterocycles. The number of benzene rings is 1. The fraction of sp³-hybridized carbons (Fsp3) is 0.400. The number of nitrogens with zero attached hydrogens (tertiary/aromatic N) is 1. The van der Waals surface area contributed by atoms with Crippen LogP contribution in [-0.2, 0) is 13.1 Å². The van der Waals surface area contributed by atoms with Gasteiger partial charge in [0.2, 0.25) is 0 Å². The second kappa shape index (κ2) is 4.39. The average Bonchev–Trinajstić information content (AvgIpc) is 2.09. The zero-order valence-corrected chi connectivity index (χ0v) is 8.42. The number of nitrogens with two attached hydrogens (primary N) is 1. The smallest absolute Gasteiger partial charge is 0.124 e. The van der Waals surface area contributed by atoms with Gasteiger partial charge in [0.1, 0.15) is 11.6 Å². The highest BCUT2D eigenvalue weighted by atomic mass is 19.1. The predicted molar refractivity (Wildman–Crippen MR) is 53.3 cm³/mol. The van der Waals surface area contributed by atoms with E-state index >= 15 is 0 Å². The van der Waals surface area contributed by atoms with Gasteiger partial charge in [-0.2, -0.15) is 0 Å². The zero-order valence-electron chi connectivity index (χ0n) is 8.42. The first-order chi connectivity index (χ1) is 6.54. The van der Waals surface area contributed by atoms with Crippen molar-refractivity contribution in [2.24, 2.45) is 5.73 Å². The summed E-state index contributed by atoms with van der Waals surface area (Å²) in [5.74, 6) is -0.261. The fourth-order valence-corrected chi connectivity index (χ4v) is 1.33. The summed E-state index contributed by atoms with van der Waals surface area (Å²) in [5, 5.41) is 9.69. The van der Waals surface area contributed by atoms with E-state index in [1.165, 1.54) is 12.1 Å². The minimum Gasteiger partial charge on any atom is -0.507 e. The van der Waals surface area contributed by atoms with E-state index < -0.39 is 0 Å². The van der Waals surface area contributed by atoms with Crippen LogP contribution in [0.4, 0.5) is 4.39 Å². The second-order valence-electron chi connectivity index (χ2n) is 3.51. The van der Waals surface area contributed by atoms with Crippen LogP contribution in [0.5, 0.6) is 5.75 Å². The van der Waals surface area contributed by atoms with Crippen LogP contribution in [0.2, 0.25) is 0 Å². The van der Waals surface area contributed by atoms with E-state index in [1.807, 2.05) is 19.0 Å². The molecule has 14 heavy (non-hydrogen) atoms. The molecule has 0 saturated carbocycles. The molecule has 4 heteroatoms. The van der Waals surface area contributed by atoms with Crippen molar-refractivity contribution >= 4 is 0 Å². The lowest BCUT2D eigenvalue weighted by atomic mass is 10.1. The molecule has 0 atom stereocenters. The first-order valence-electron chi connectivity index (χ1n) is 4.39. The van der Waals surface area contributed by atoms with Gasteiger partial charge in [0.15, 0.2) is 0 Å². The number of aromatic hydroxyl groups is 1. The van der Waals surface area contributed by atoms with Crippen molar-refractivity contribution in [3.05, 3.63) is 29.1 Å². The van der Waals surface area contributed by atoms with E-state index in [2.05, 4.69) is 0 Å². The highest BCUT2D eigenvalue weighted by Gasteiger charge is 2.09. The maximum Gasteiger partial charge on any atom is 0.124 e. The van der Waals surface area contributed by atoms with Gasteiger partial charge in [-0.1, -0.05) is 0 Å². The third kappa shape index (κ3) is 2.43. The van der Waals surface area contributed by atoms with Crippen molar-refractivity contribution in [2.75, 3.05) is 14.1 Å². The van der Waals surface area contributed by atoms with Gasteiger partial charge in [0.05, 0.1) is 0 Å². The van der Waals surface area contributed by atoms with Gasteiger partial charge < -0.3 is 15.7 Å². The number of hydrogen-bond acceptors (Lipinski definition) is 3. The van der Waals surface area contributed by atoms with E-state index in [4.69, 9.17) is 5.73 Å². The largest absolute Gasteiger partial charge is 0.507 e. The molecule has 3 N–H and O–H groups in total. The summed E-state index contributed by atoms with van der Waals surface area (Å²) in [6, 6.07) is 2.59. The number of phenolic OH excluding ortho intramolecular Hbond substituents is 1. The van der Waals surface area contributed by atoms with E-state index in [1.54, 1.807) is 0 Å². The Hall–Kier alpha value is -1.13. The molecule has 0 aliphatic carbocycles. The third-order valence-electron chi connectivity index (χ3n) is 1.94. The van der Waals surface area contributed by atoms with Gasteiger partial charge in [0, 0.05) is 24.2 Å². The molecule has 0 heterocycles. The molecule has 1 rings (SSSR count). The summed E-state index contributed by atoms with van der Waals surface area (Å²) in [4.78, 5) is 1.86. The summed E-state index contributed by atoms with van der Waals surface area (Å²) < 4.78 is 13.1. The van der Waals surface area contributed by atoms with Gasteiger partial charge in [0.25, 0.3) is 0 Å². The van der Waals surface area contributed by atoms with Gasteiger partial charge in [-0.05, 0) is 26.2 Å². The Balaban J connectivity index is 3.08. The third-order valence-corrected chi connectivity index (χ3v) is 1.94. The molecule has 1 aromatic rings. The second-order valence-corrected chi connectivity index (χ2v) is 3.51. The molecule has 0 bridgehead atoms. The van der Waals surface area contributed by atoms with Crippen molar-refractivity contribution in [1.82, 2.24) is 4.90 Å². The van der Waals surface area contributed by atoms with Crippen LogP contribution in [0, 0.1) is 5.82 Å². The van der Waals surface area contributed by atoms with Gasteiger partial charge in [-0.15, -0.1) is 0 Å². The molecule has 0 unspecified atom stereocenters. The SMILES string of the molecule is CN(C)Cc1cc(F)cc(CN)c1O. The van der Waals surface area contributed by atoms with Crippen LogP contribution in [0.3, 0.4) is 0 Å². The van der Waals surface area contributed by atoms with Gasteiger partial charge in [-0.3, -0.25) is 0 Å².